The average Bonchev–Trinajstić information content (AvgIpc) is 2.88. The molecule has 1 fully saturated rings. The van der Waals surface area contributed by atoms with Gasteiger partial charge in [-0.2, -0.15) is 11.8 Å². The number of hydrogen-bond acceptors (Lipinski definition) is 2. The number of aryl methyl sites for hydroxylation is 1. The summed E-state index contributed by atoms with van der Waals surface area (Å²) in [7, 11) is 0. The molecule has 2 rings (SSSR count). The number of thioether (sulfide) groups is 1. The molecule has 1 aliphatic heterocycles. The van der Waals surface area contributed by atoms with E-state index < -0.39 is 0 Å². The van der Waals surface area contributed by atoms with Crippen molar-refractivity contribution < 1.29 is 0 Å². The largest absolute Gasteiger partial charge is 0.316 e. The van der Waals surface area contributed by atoms with E-state index in [2.05, 4.69) is 47.4 Å². The van der Waals surface area contributed by atoms with Gasteiger partial charge >= 0.3 is 0 Å². The Balaban J connectivity index is 1.46. The van der Waals surface area contributed by atoms with Crippen LogP contribution in [0.4, 0.5) is 0 Å². The van der Waals surface area contributed by atoms with Crippen LogP contribution in [0.3, 0.4) is 0 Å². The molecule has 1 saturated heterocycles. The van der Waals surface area contributed by atoms with Crippen molar-refractivity contribution in [3.8, 4) is 0 Å². The lowest BCUT2D eigenvalue weighted by atomic mass is 10.1. The number of hydrogen-bond donors (Lipinski definition) is 1. The molecule has 1 aliphatic rings. The van der Waals surface area contributed by atoms with Crippen LogP contribution in [-0.2, 0) is 6.42 Å². The molecule has 1 nitrogen and oxygen atoms in total. The standard InChI is InChI=1S/C15H23NS/c1-2-6-14(7-3-1)8-4-5-10-16-12-15-9-11-17-13-15/h1-3,6-7,15-16H,4-5,8-13H2. The predicted molar refractivity (Wildman–Crippen MR) is 77.7 cm³/mol. The molecule has 0 aromatic heterocycles. The minimum atomic E-state index is 0.939. The summed E-state index contributed by atoms with van der Waals surface area (Å²) < 4.78 is 0. The van der Waals surface area contributed by atoms with E-state index in [4.69, 9.17) is 0 Å². The Labute approximate surface area is 109 Å². The summed E-state index contributed by atoms with van der Waals surface area (Å²) in [6.45, 7) is 2.42. The molecule has 2 heteroatoms. The van der Waals surface area contributed by atoms with Gasteiger partial charge in [0.2, 0.25) is 0 Å². The normalized spacial score (nSPS) is 19.6. The maximum absolute atomic E-state index is 3.60. The zero-order chi connectivity index (χ0) is 11.8. The van der Waals surface area contributed by atoms with Gasteiger partial charge in [0.15, 0.2) is 0 Å². The van der Waals surface area contributed by atoms with Crippen molar-refractivity contribution in [1.82, 2.24) is 5.32 Å². The average molecular weight is 249 g/mol. The Morgan fingerprint density at radius 1 is 1.18 bits per heavy atom. The second kappa shape index (κ2) is 7.78. The highest BCUT2D eigenvalue weighted by Gasteiger charge is 2.14. The zero-order valence-electron chi connectivity index (χ0n) is 10.5. The van der Waals surface area contributed by atoms with Crippen molar-refractivity contribution in [3.05, 3.63) is 35.9 Å². The van der Waals surface area contributed by atoms with E-state index in [1.165, 1.54) is 55.8 Å². The lowest BCUT2D eigenvalue weighted by Crippen LogP contribution is -2.23. The third kappa shape index (κ3) is 5.13. The van der Waals surface area contributed by atoms with Gasteiger partial charge in [-0.3, -0.25) is 0 Å². The summed E-state index contributed by atoms with van der Waals surface area (Å²) in [6, 6.07) is 10.8. The highest BCUT2D eigenvalue weighted by atomic mass is 32.2. The third-order valence-corrected chi connectivity index (χ3v) is 4.60. The molecule has 0 bridgehead atoms. The molecule has 1 aromatic carbocycles. The van der Waals surface area contributed by atoms with E-state index in [9.17, 15) is 0 Å². The van der Waals surface area contributed by atoms with Gasteiger partial charge in [0.1, 0.15) is 0 Å². The van der Waals surface area contributed by atoms with E-state index in [1.807, 2.05) is 0 Å². The van der Waals surface area contributed by atoms with E-state index in [1.54, 1.807) is 0 Å². The molecule has 1 aromatic rings. The molecule has 1 atom stereocenters. The zero-order valence-corrected chi connectivity index (χ0v) is 11.3. The van der Waals surface area contributed by atoms with Gasteiger partial charge < -0.3 is 5.32 Å². The summed E-state index contributed by atoms with van der Waals surface area (Å²) in [5.41, 5.74) is 1.47. The first-order valence-electron chi connectivity index (χ1n) is 6.77. The molecule has 1 heterocycles. The van der Waals surface area contributed by atoms with Gasteiger partial charge in [0.25, 0.3) is 0 Å². The summed E-state index contributed by atoms with van der Waals surface area (Å²) in [5.74, 6) is 3.69. The Kier molecular flexibility index (Phi) is 5.94. The second-order valence-corrected chi connectivity index (χ2v) is 6.03. The fraction of sp³-hybridized carbons (Fsp3) is 0.600. The van der Waals surface area contributed by atoms with Crippen LogP contribution in [-0.4, -0.2) is 24.6 Å². The van der Waals surface area contributed by atoms with Crippen LogP contribution in [0.25, 0.3) is 0 Å². The molecule has 0 radical (unpaired) electrons. The third-order valence-electron chi connectivity index (χ3n) is 3.37. The maximum atomic E-state index is 3.60. The smallest absolute Gasteiger partial charge is 0.00123 e. The summed E-state index contributed by atoms with van der Waals surface area (Å²) in [4.78, 5) is 0. The molecule has 0 aliphatic carbocycles. The monoisotopic (exact) mass is 249 g/mol. The van der Waals surface area contributed by atoms with Gasteiger partial charge in [0, 0.05) is 0 Å². The summed E-state index contributed by atoms with van der Waals surface area (Å²) in [6.07, 6.45) is 5.24. The topological polar surface area (TPSA) is 12.0 Å². The van der Waals surface area contributed by atoms with Crippen molar-refractivity contribution in [1.29, 1.82) is 0 Å². The van der Waals surface area contributed by atoms with Crippen molar-refractivity contribution in [2.75, 3.05) is 24.6 Å². The number of benzene rings is 1. The summed E-state index contributed by atoms with van der Waals surface area (Å²) >= 11 is 2.11. The van der Waals surface area contributed by atoms with E-state index in [0.29, 0.717) is 0 Å². The quantitative estimate of drug-likeness (QED) is 0.744. The molecule has 1 N–H and O–H groups in total. The summed E-state index contributed by atoms with van der Waals surface area (Å²) in [5, 5.41) is 3.60. The Morgan fingerprint density at radius 3 is 2.82 bits per heavy atom. The van der Waals surface area contributed by atoms with Gasteiger partial charge in [0.05, 0.1) is 0 Å². The van der Waals surface area contributed by atoms with Gasteiger partial charge in [-0.05, 0) is 61.8 Å². The first kappa shape index (κ1) is 13.0. The Morgan fingerprint density at radius 2 is 2.06 bits per heavy atom. The Bertz CT molecular complexity index is 293. The van der Waals surface area contributed by atoms with Crippen molar-refractivity contribution >= 4 is 11.8 Å². The predicted octanol–water partition coefficient (Wildman–Crippen LogP) is 3.35. The highest BCUT2D eigenvalue weighted by Crippen LogP contribution is 2.22. The molecule has 17 heavy (non-hydrogen) atoms. The molecule has 94 valence electrons. The van der Waals surface area contributed by atoms with Crippen molar-refractivity contribution in [3.63, 3.8) is 0 Å². The molecular weight excluding hydrogens is 226 g/mol. The van der Waals surface area contributed by atoms with Crippen molar-refractivity contribution in [2.45, 2.75) is 25.7 Å². The van der Waals surface area contributed by atoms with Crippen LogP contribution < -0.4 is 5.32 Å². The molecular formula is C15H23NS. The van der Waals surface area contributed by atoms with Crippen LogP contribution in [0.5, 0.6) is 0 Å². The van der Waals surface area contributed by atoms with Gasteiger partial charge in [-0.15, -0.1) is 0 Å². The van der Waals surface area contributed by atoms with Crippen LogP contribution >= 0.6 is 11.8 Å². The first-order valence-corrected chi connectivity index (χ1v) is 7.93. The van der Waals surface area contributed by atoms with E-state index in [0.717, 1.165) is 5.92 Å². The minimum absolute atomic E-state index is 0.939. The molecule has 1 unspecified atom stereocenters. The highest BCUT2D eigenvalue weighted by molar-refractivity contribution is 7.99. The SMILES string of the molecule is c1ccc(CCCCNCC2CCSC2)cc1. The number of nitrogens with one attached hydrogen (secondary N) is 1. The van der Waals surface area contributed by atoms with Crippen molar-refractivity contribution in [2.24, 2.45) is 5.92 Å². The maximum Gasteiger partial charge on any atom is -0.00123 e. The number of rotatable bonds is 7. The van der Waals surface area contributed by atoms with Gasteiger partial charge in [-0.25, -0.2) is 0 Å². The van der Waals surface area contributed by atoms with Crippen LogP contribution in [0.2, 0.25) is 0 Å². The fourth-order valence-corrected chi connectivity index (χ4v) is 3.56. The van der Waals surface area contributed by atoms with E-state index in [-0.39, 0.29) is 0 Å². The van der Waals surface area contributed by atoms with Crippen LogP contribution in [0, 0.1) is 5.92 Å². The number of unbranched alkanes of at least 4 members (excludes halogenated alkanes) is 1. The van der Waals surface area contributed by atoms with Crippen LogP contribution in [0.1, 0.15) is 24.8 Å². The van der Waals surface area contributed by atoms with Gasteiger partial charge in [-0.1, -0.05) is 30.3 Å². The van der Waals surface area contributed by atoms with Crippen LogP contribution in [0.15, 0.2) is 30.3 Å². The molecule has 0 spiro atoms. The minimum Gasteiger partial charge on any atom is -0.316 e. The second-order valence-electron chi connectivity index (χ2n) is 4.88. The lowest BCUT2D eigenvalue weighted by Gasteiger charge is -2.09. The fourth-order valence-electron chi connectivity index (χ4n) is 2.27. The van der Waals surface area contributed by atoms with E-state index >= 15 is 0 Å². The first-order chi connectivity index (χ1) is 8.45. The molecule has 0 amide bonds. The molecule has 0 saturated carbocycles. The Hall–Kier alpha value is -0.470. The lowest BCUT2D eigenvalue weighted by molar-refractivity contribution is 0.512.